The van der Waals surface area contributed by atoms with Gasteiger partial charge in [-0.2, -0.15) is 5.10 Å². The Bertz CT molecular complexity index is 490. The van der Waals surface area contributed by atoms with Crippen LogP contribution in [0.1, 0.15) is 12.5 Å². The van der Waals surface area contributed by atoms with Crippen LogP contribution in [-0.4, -0.2) is 27.7 Å². The van der Waals surface area contributed by atoms with E-state index in [1.54, 1.807) is 24.4 Å². The van der Waals surface area contributed by atoms with Crippen LogP contribution in [0.5, 0.6) is 5.75 Å². The first-order valence-corrected chi connectivity index (χ1v) is 4.84. The third-order valence-electron chi connectivity index (χ3n) is 2.16. The molecular formula is C11H12N4O. The molecule has 0 amide bonds. The van der Waals surface area contributed by atoms with Crippen LogP contribution in [-0.2, 0) is 0 Å². The lowest BCUT2D eigenvalue weighted by Gasteiger charge is -2.03. The molecule has 0 fully saturated rings. The maximum Gasteiger partial charge on any atom is 0.141 e. The molecule has 5 nitrogen and oxygen atoms in total. The monoisotopic (exact) mass is 216 g/mol. The predicted molar refractivity (Wildman–Crippen MR) is 60.6 cm³/mol. The van der Waals surface area contributed by atoms with Crippen LogP contribution in [0.3, 0.4) is 0 Å². The Kier molecular flexibility index (Phi) is 2.95. The number of methoxy groups -OCH3 is 1. The second kappa shape index (κ2) is 4.57. The Labute approximate surface area is 93.4 Å². The first-order valence-electron chi connectivity index (χ1n) is 4.84. The summed E-state index contributed by atoms with van der Waals surface area (Å²) < 4.78 is 6.72. The molecular weight excluding hydrogens is 204 g/mol. The van der Waals surface area contributed by atoms with Gasteiger partial charge in [-0.3, -0.25) is 0 Å². The fraction of sp³-hybridized carbons (Fsp3) is 0.182. The van der Waals surface area contributed by atoms with E-state index in [1.165, 1.54) is 0 Å². The summed E-state index contributed by atoms with van der Waals surface area (Å²) in [6.07, 6.45) is 3.09. The standard InChI is InChI=1S/C11H12N4O/c1-9(14-15-7-12-13-8-15)10-4-3-5-11(6-10)16-2/h3-8H,1-2H3. The van der Waals surface area contributed by atoms with Crippen molar-refractivity contribution in [3.63, 3.8) is 0 Å². The third-order valence-corrected chi connectivity index (χ3v) is 2.16. The van der Waals surface area contributed by atoms with E-state index < -0.39 is 0 Å². The van der Waals surface area contributed by atoms with Gasteiger partial charge in [0.1, 0.15) is 18.4 Å². The molecule has 1 aromatic heterocycles. The summed E-state index contributed by atoms with van der Waals surface area (Å²) in [6, 6.07) is 7.74. The quantitative estimate of drug-likeness (QED) is 0.731. The minimum absolute atomic E-state index is 0.816. The lowest BCUT2D eigenvalue weighted by atomic mass is 10.1. The van der Waals surface area contributed by atoms with Crippen LogP contribution in [0.25, 0.3) is 0 Å². The highest BCUT2D eigenvalue weighted by Gasteiger charge is 1.99. The molecule has 2 rings (SSSR count). The molecule has 1 heterocycles. The number of ether oxygens (including phenoxy) is 1. The summed E-state index contributed by atoms with van der Waals surface area (Å²) in [6.45, 7) is 1.93. The van der Waals surface area contributed by atoms with Crippen LogP contribution in [0.2, 0.25) is 0 Å². The number of benzene rings is 1. The molecule has 0 N–H and O–H groups in total. The lowest BCUT2D eigenvalue weighted by molar-refractivity contribution is 0.414. The summed E-state index contributed by atoms with van der Waals surface area (Å²) in [5, 5.41) is 11.7. The first kappa shape index (κ1) is 10.4. The van der Waals surface area contributed by atoms with E-state index in [2.05, 4.69) is 15.3 Å². The van der Waals surface area contributed by atoms with Crippen LogP contribution >= 0.6 is 0 Å². The first-order chi connectivity index (χ1) is 7.79. The smallest absolute Gasteiger partial charge is 0.141 e. The van der Waals surface area contributed by atoms with E-state index in [-0.39, 0.29) is 0 Å². The van der Waals surface area contributed by atoms with Crippen LogP contribution in [0.4, 0.5) is 0 Å². The van der Waals surface area contributed by atoms with E-state index in [0.29, 0.717) is 0 Å². The SMILES string of the molecule is COc1cccc(C(C)=Nn2cnnc2)c1. The van der Waals surface area contributed by atoms with Crippen molar-refractivity contribution >= 4 is 5.71 Å². The lowest BCUT2D eigenvalue weighted by Crippen LogP contribution is -1.98. The molecule has 0 saturated carbocycles. The number of aromatic nitrogens is 3. The topological polar surface area (TPSA) is 52.3 Å². The van der Waals surface area contributed by atoms with Gasteiger partial charge in [-0.05, 0) is 19.1 Å². The van der Waals surface area contributed by atoms with Crippen molar-refractivity contribution in [2.75, 3.05) is 7.11 Å². The molecule has 0 aliphatic rings. The van der Waals surface area contributed by atoms with Crippen molar-refractivity contribution in [3.8, 4) is 5.75 Å². The molecule has 0 atom stereocenters. The maximum absolute atomic E-state index is 5.15. The zero-order valence-corrected chi connectivity index (χ0v) is 9.16. The van der Waals surface area contributed by atoms with E-state index in [0.717, 1.165) is 17.0 Å². The van der Waals surface area contributed by atoms with E-state index in [9.17, 15) is 0 Å². The molecule has 0 radical (unpaired) electrons. The molecule has 0 aliphatic carbocycles. The number of rotatable bonds is 3. The Morgan fingerprint density at radius 2 is 2.06 bits per heavy atom. The molecule has 0 bridgehead atoms. The summed E-state index contributed by atoms with van der Waals surface area (Å²) in [5.74, 6) is 0.816. The highest BCUT2D eigenvalue weighted by molar-refractivity contribution is 5.98. The molecule has 0 spiro atoms. The molecule has 0 aliphatic heterocycles. The van der Waals surface area contributed by atoms with Crippen LogP contribution in [0.15, 0.2) is 42.0 Å². The molecule has 5 heteroatoms. The summed E-state index contributed by atoms with van der Waals surface area (Å²) in [7, 11) is 1.64. The number of nitrogens with zero attached hydrogens (tertiary/aromatic N) is 4. The Morgan fingerprint density at radius 1 is 1.31 bits per heavy atom. The zero-order valence-electron chi connectivity index (χ0n) is 9.16. The van der Waals surface area contributed by atoms with Crippen molar-refractivity contribution in [2.45, 2.75) is 6.92 Å². The van der Waals surface area contributed by atoms with Gasteiger partial charge in [0.15, 0.2) is 0 Å². The molecule has 16 heavy (non-hydrogen) atoms. The van der Waals surface area contributed by atoms with Gasteiger partial charge in [0.25, 0.3) is 0 Å². The normalized spacial score (nSPS) is 11.5. The van der Waals surface area contributed by atoms with Gasteiger partial charge in [0.05, 0.1) is 12.8 Å². The fourth-order valence-electron chi connectivity index (χ4n) is 1.33. The molecule has 2 aromatic rings. The van der Waals surface area contributed by atoms with Gasteiger partial charge < -0.3 is 4.74 Å². The minimum atomic E-state index is 0.816. The highest BCUT2D eigenvalue weighted by atomic mass is 16.5. The van der Waals surface area contributed by atoms with Gasteiger partial charge in [-0.25, -0.2) is 4.68 Å². The predicted octanol–water partition coefficient (Wildman–Crippen LogP) is 1.56. The Hall–Kier alpha value is -2.17. The summed E-state index contributed by atoms with van der Waals surface area (Å²) in [5.41, 5.74) is 1.88. The maximum atomic E-state index is 5.15. The van der Waals surface area contributed by atoms with Gasteiger partial charge in [-0.1, -0.05) is 12.1 Å². The summed E-state index contributed by atoms with van der Waals surface area (Å²) in [4.78, 5) is 0. The summed E-state index contributed by atoms with van der Waals surface area (Å²) >= 11 is 0. The second-order valence-electron chi connectivity index (χ2n) is 3.26. The van der Waals surface area contributed by atoms with E-state index in [4.69, 9.17) is 4.74 Å². The Balaban J connectivity index is 2.29. The van der Waals surface area contributed by atoms with Crippen LogP contribution < -0.4 is 4.74 Å². The van der Waals surface area contributed by atoms with Gasteiger partial charge in [-0.15, -0.1) is 10.2 Å². The van der Waals surface area contributed by atoms with Crippen molar-refractivity contribution in [1.29, 1.82) is 0 Å². The minimum Gasteiger partial charge on any atom is -0.497 e. The number of hydrogen-bond acceptors (Lipinski definition) is 4. The zero-order chi connectivity index (χ0) is 11.4. The van der Waals surface area contributed by atoms with Crippen molar-refractivity contribution in [1.82, 2.24) is 14.9 Å². The highest BCUT2D eigenvalue weighted by Crippen LogP contribution is 2.13. The van der Waals surface area contributed by atoms with Crippen molar-refractivity contribution < 1.29 is 4.74 Å². The van der Waals surface area contributed by atoms with Gasteiger partial charge >= 0.3 is 0 Å². The molecule has 82 valence electrons. The Morgan fingerprint density at radius 3 is 2.75 bits per heavy atom. The van der Waals surface area contributed by atoms with Gasteiger partial charge in [0, 0.05) is 5.56 Å². The average Bonchev–Trinajstić information content (AvgIpc) is 2.82. The van der Waals surface area contributed by atoms with E-state index >= 15 is 0 Å². The second-order valence-corrected chi connectivity index (χ2v) is 3.26. The largest absolute Gasteiger partial charge is 0.497 e. The molecule has 0 unspecified atom stereocenters. The molecule has 1 aromatic carbocycles. The van der Waals surface area contributed by atoms with Gasteiger partial charge in [0.2, 0.25) is 0 Å². The van der Waals surface area contributed by atoms with Crippen molar-refractivity contribution in [2.24, 2.45) is 5.10 Å². The van der Waals surface area contributed by atoms with E-state index in [1.807, 2.05) is 31.2 Å². The van der Waals surface area contributed by atoms with Crippen molar-refractivity contribution in [3.05, 3.63) is 42.5 Å². The van der Waals surface area contributed by atoms with Crippen LogP contribution in [0, 0.1) is 0 Å². The number of hydrogen-bond donors (Lipinski definition) is 0. The average molecular weight is 216 g/mol. The fourth-order valence-corrected chi connectivity index (χ4v) is 1.33. The molecule has 0 saturated heterocycles. The third kappa shape index (κ3) is 2.25.